The van der Waals surface area contributed by atoms with Crippen LogP contribution in [0.5, 0.6) is 0 Å². The van der Waals surface area contributed by atoms with E-state index in [-0.39, 0.29) is 11.3 Å². The van der Waals surface area contributed by atoms with Gasteiger partial charge in [-0.05, 0) is 31.5 Å². The van der Waals surface area contributed by atoms with E-state index >= 15 is 0 Å². The van der Waals surface area contributed by atoms with Gasteiger partial charge >= 0.3 is 6.18 Å². The number of anilines is 1. The first kappa shape index (κ1) is 16.0. The normalized spacial score (nSPS) is 11.7. The van der Waals surface area contributed by atoms with Crippen molar-refractivity contribution in [2.45, 2.75) is 20.0 Å². The lowest BCUT2D eigenvalue weighted by molar-refractivity contribution is -0.137. The van der Waals surface area contributed by atoms with Gasteiger partial charge in [-0.2, -0.15) is 22.8 Å². The van der Waals surface area contributed by atoms with E-state index in [4.69, 9.17) is 0 Å². The zero-order valence-corrected chi connectivity index (χ0v) is 12.8. The minimum absolute atomic E-state index is 0.0293. The Morgan fingerprint density at radius 1 is 1.21 bits per heavy atom. The molecule has 0 atom stereocenters. The third-order valence-corrected chi connectivity index (χ3v) is 3.65. The first-order chi connectivity index (χ1) is 11.3. The molecular formula is C16H13F3N4O. The number of carbonyl (C=O) groups excluding carboxylic acids is 1. The number of carbonyl (C=O) groups is 1. The van der Waals surface area contributed by atoms with Gasteiger partial charge in [-0.1, -0.05) is 18.2 Å². The Hall–Kier alpha value is -2.90. The number of benzene rings is 1. The molecule has 0 bridgehead atoms. The summed E-state index contributed by atoms with van der Waals surface area (Å²) in [4.78, 5) is 15.1. The van der Waals surface area contributed by atoms with Gasteiger partial charge in [-0.3, -0.25) is 4.79 Å². The van der Waals surface area contributed by atoms with Crippen molar-refractivity contribution in [2.75, 3.05) is 5.32 Å². The number of rotatable bonds is 3. The molecule has 24 heavy (non-hydrogen) atoms. The van der Waals surface area contributed by atoms with E-state index in [0.29, 0.717) is 29.1 Å². The maximum Gasteiger partial charge on any atom is 0.417 e. The topological polar surface area (TPSA) is 59.3 Å². The van der Waals surface area contributed by atoms with Gasteiger partial charge in [0.1, 0.15) is 0 Å². The molecule has 3 aromatic rings. The molecule has 1 amide bonds. The first-order valence-corrected chi connectivity index (χ1v) is 7.06. The lowest BCUT2D eigenvalue weighted by Gasteiger charge is -2.13. The molecule has 0 unspecified atom stereocenters. The average molecular weight is 334 g/mol. The standard InChI is InChI=1S/C16H13F3N4O/c1-9-7-13(11-5-3-4-6-12(11)16(17,18)19)22-23-14(9)21-10(2)15(23)20-8-24/h3-8H,1-2H3,(H,20,24). The summed E-state index contributed by atoms with van der Waals surface area (Å²) in [6.45, 7) is 3.41. The van der Waals surface area contributed by atoms with E-state index in [1.807, 2.05) is 0 Å². The lowest BCUT2D eigenvalue weighted by Crippen LogP contribution is -2.09. The highest BCUT2D eigenvalue weighted by molar-refractivity contribution is 5.74. The summed E-state index contributed by atoms with van der Waals surface area (Å²) in [5, 5.41) is 6.74. The Morgan fingerprint density at radius 3 is 2.58 bits per heavy atom. The number of hydrogen-bond donors (Lipinski definition) is 1. The number of alkyl halides is 3. The fourth-order valence-corrected chi connectivity index (χ4v) is 2.58. The minimum Gasteiger partial charge on any atom is -0.312 e. The van der Waals surface area contributed by atoms with Crippen molar-refractivity contribution in [1.29, 1.82) is 0 Å². The second kappa shape index (κ2) is 5.63. The molecule has 0 aliphatic rings. The average Bonchev–Trinajstić information content (AvgIpc) is 2.84. The van der Waals surface area contributed by atoms with E-state index in [0.717, 1.165) is 6.07 Å². The number of nitrogens with zero attached hydrogens (tertiary/aromatic N) is 3. The number of nitrogens with one attached hydrogen (secondary N) is 1. The molecular weight excluding hydrogens is 321 g/mol. The van der Waals surface area contributed by atoms with Crippen molar-refractivity contribution in [1.82, 2.24) is 14.6 Å². The van der Waals surface area contributed by atoms with E-state index in [1.54, 1.807) is 19.9 Å². The summed E-state index contributed by atoms with van der Waals surface area (Å²) in [5.41, 5.74) is 1.01. The Morgan fingerprint density at radius 2 is 1.92 bits per heavy atom. The van der Waals surface area contributed by atoms with E-state index in [9.17, 15) is 18.0 Å². The van der Waals surface area contributed by atoms with Gasteiger partial charge in [0.25, 0.3) is 0 Å². The van der Waals surface area contributed by atoms with Crippen molar-refractivity contribution in [3.05, 3.63) is 47.2 Å². The molecule has 0 radical (unpaired) electrons. The van der Waals surface area contributed by atoms with Crippen LogP contribution >= 0.6 is 0 Å². The predicted octanol–water partition coefficient (Wildman–Crippen LogP) is 3.60. The highest BCUT2D eigenvalue weighted by atomic mass is 19.4. The van der Waals surface area contributed by atoms with Gasteiger partial charge < -0.3 is 5.32 Å². The van der Waals surface area contributed by atoms with E-state index in [1.165, 1.54) is 22.7 Å². The van der Waals surface area contributed by atoms with Crippen LogP contribution in [-0.4, -0.2) is 21.0 Å². The maximum atomic E-state index is 13.2. The molecule has 5 nitrogen and oxygen atoms in total. The zero-order valence-electron chi connectivity index (χ0n) is 12.8. The number of amides is 1. The number of aryl methyl sites for hydroxylation is 2. The monoisotopic (exact) mass is 334 g/mol. The molecule has 0 saturated heterocycles. The quantitative estimate of drug-likeness (QED) is 0.745. The van der Waals surface area contributed by atoms with Crippen LogP contribution in [-0.2, 0) is 11.0 Å². The van der Waals surface area contributed by atoms with Crippen LogP contribution in [0.1, 0.15) is 16.8 Å². The minimum atomic E-state index is -4.49. The highest BCUT2D eigenvalue weighted by Crippen LogP contribution is 2.36. The summed E-state index contributed by atoms with van der Waals surface area (Å²) < 4.78 is 41.1. The summed E-state index contributed by atoms with van der Waals surface area (Å²) in [6.07, 6.45) is -4.01. The number of hydrogen-bond acceptors (Lipinski definition) is 3. The second-order valence-electron chi connectivity index (χ2n) is 5.30. The number of aromatic nitrogens is 3. The predicted molar refractivity (Wildman–Crippen MR) is 82.6 cm³/mol. The molecule has 2 aromatic heterocycles. The third-order valence-electron chi connectivity index (χ3n) is 3.65. The smallest absolute Gasteiger partial charge is 0.312 e. The molecule has 1 N–H and O–H groups in total. The van der Waals surface area contributed by atoms with Crippen molar-refractivity contribution in [2.24, 2.45) is 0 Å². The van der Waals surface area contributed by atoms with Crippen LogP contribution in [0.15, 0.2) is 30.3 Å². The summed E-state index contributed by atoms with van der Waals surface area (Å²) >= 11 is 0. The summed E-state index contributed by atoms with van der Waals surface area (Å²) in [6, 6.07) is 6.79. The Kier molecular flexibility index (Phi) is 3.75. The van der Waals surface area contributed by atoms with Crippen molar-refractivity contribution in [3.8, 4) is 11.3 Å². The van der Waals surface area contributed by atoms with Gasteiger partial charge in [0.05, 0.1) is 17.0 Å². The van der Waals surface area contributed by atoms with Gasteiger partial charge in [0.2, 0.25) is 6.41 Å². The van der Waals surface area contributed by atoms with Gasteiger partial charge in [-0.25, -0.2) is 4.98 Å². The molecule has 0 spiro atoms. The van der Waals surface area contributed by atoms with Crippen LogP contribution in [0, 0.1) is 13.8 Å². The molecule has 2 heterocycles. The molecule has 0 aliphatic heterocycles. The number of halogens is 3. The highest BCUT2D eigenvalue weighted by Gasteiger charge is 2.33. The van der Waals surface area contributed by atoms with E-state index in [2.05, 4.69) is 15.4 Å². The van der Waals surface area contributed by atoms with Gasteiger partial charge in [-0.15, -0.1) is 0 Å². The molecule has 8 heteroatoms. The van der Waals surface area contributed by atoms with Gasteiger partial charge in [0.15, 0.2) is 11.5 Å². The SMILES string of the molecule is Cc1nc2c(C)cc(-c3ccccc3C(F)(F)F)nn2c1NC=O. The first-order valence-electron chi connectivity index (χ1n) is 7.06. The Labute approximate surface area is 135 Å². The van der Waals surface area contributed by atoms with E-state index < -0.39 is 11.7 Å². The molecule has 0 saturated carbocycles. The largest absolute Gasteiger partial charge is 0.417 e. The molecule has 0 aliphatic carbocycles. The van der Waals surface area contributed by atoms with Crippen molar-refractivity contribution >= 4 is 17.9 Å². The molecule has 0 fully saturated rings. The van der Waals surface area contributed by atoms with Crippen molar-refractivity contribution < 1.29 is 18.0 Å². The molecule has 3 rings (SSSR count). The van der Waals surface area contributed by atoms with Crippen LogP contribution in [0.2, 0.25) is 0 Å². The Bertz CT molecular complexity index is 931. The third kappa shape index (κ3) is 2.60. The summed E-state index contributed by atoms with van der Waals surface area (Å²) in [7, 11) is 0. The maximum absolute atomic E-state index is 13.2. The fraction of sp³-hybridized carbons (Fsp3) is 0.188. The van der Waals surface area contributed by atoms with Gasteiger partial charge in [0, 0.05) is 5.56 Å². The Balaban J connectivity index is 2.29. The second-order valence-corrected chi connectivity index (χ2v) is 5.30. The van der Waals surface area contributed by atoms with Crippen molar-refractivity contribution in [3.63, 3.8) is 0 Å². The molecule has 1 aromatic carbocycles. The van der Waals surface area contributed by atoms with Crippen LogP contribution < -0.4 is 5.32 Å². The zero-order chi connectivity index (χ0) is 17.5. The van der Waals surface area contributed by atoms with Crippen LogP contribution in [0.3, 0.4) is 0 Å². The number of imidazole rings is 1. The molecule has 124 valence electrons. The van der Waals surface area contributed by atoms with Crippen LogP contribution in [0.25, 0.3) is 16.9 Å². The van der Waals surface area contributed by atoms with Crippen LogP contribution in [0.4, 0.5) is 19.0 Å². The fourth-order valence-electron chi connectivity index (χ4n) is 2.58. The summed E-state index contributed by atoms with van der Waals surface area (Å²) in [5.74, 6) is 0.328. The lowest BCUT2D eigenvalue weighted by atomic mass is 10.0. The number of fused-ring (bicyclic) bond motifs is 1.